The van der Waals surface area contributed by atoms with Crippen molar-refractivity contribution >= 4 is 35.1 Å². The van der Waals surface area contributed by atoms with E-state index in [0.717, 1.165) is 17.0 Å². The Labute approximate surface area is 170 Å². The molecule has 3 rings (SSSR count). The molecule has 0 atom stereocenters. The van der Waals surface area contributed by atoms with E-state index in [1.807, 2.05) is 0 Å². The lowest BCUT2D eigenvalue weighted by molar-refractivity contribution is -0.384. The van der Waals surface area contributed by atoms with Gasteiger partial charge < -0.3 is 11.1 Å². The SMILES string of the molecule is Nc1ccc(C(=O)NC(=O)NCCCN2C(=O)c3ccc([N+](=O)[O-])cc3C2=O)cc1. The average Bonchev–Trinajstić information content (AvgIpc) is 2.95. The summed E-state index contributed by atoms with van der Waals surface area (Å²) in [6.07, 6.45) is 0.233. The van der Waals surface area contributed by atoms with Gasteiger partial charge >= 0.3 is 6.03 Å². The van der Waals surface area contributed by atoms with Gasteiger partial charge in [0, 0.05) is 36.5 Å². The first-order valence-corrected chi connectivity index (χ1v) is 8.87. The van der Waals surface area contributed by atoms with Crippen LogP contribution in [0.1, 0.15) is 37.5 Å². The maximum Gasteiger partial charge on any atom is 0.321 e. The van der Waals surface area contributed by atoms with Crippen LogP contribution < -0.4 is 16.4 Å². The number of nitro benzene ring substituents is 1. The van der Waals surface area contributed by atoms with E-state index in [1.54, 1.807) is 0 Å². The van der Waals surface area contributed by atoms with Crippen molar-refractivity contribution in [3.8, 4) is 0 Å². The highest BCUT2D eigenvalue weighted by molar-refractivity contribution is 6.21. The van der Waals surface area contributed by atoms with Crippen LogP contribution in [0.5, 0.6) is 0 Å². The third-order valence-corrected chi connectivity index (χ3v) is 4.41. The zero-order valence-electron chi connectivity index (χ0n) is 15.6. The van der Waals surface area contributed by atoms with Crippen LogP contribution in [0.4, 0.5) is 16.2 Å². The number of imide groups is 2. The predicted octanol–water partition coefficient (Wildman–Crippen LogP) is 1.30. The second kappa shape index (κ2) is 8.39. The van der Waals surface area contributed by atoms with Crippen molar-refractivity contribution in [2.24, 2.45) is 0 Å². The molecule has 5 amide bonds. The third kappa shape index (κ3) is 4.24. The smallest absolute Gasteiger partial charge is 0.321 e. The first-order chi connectivity index (χ1) is 14.3. The maximum atomic E-state index is 12.4. The number of nitrogen functional groups attached to an aromatic ring is 1. The Hall–Kier alpha value is -4.28. The molecule has 4 N–H and O–H groups in total. The van der Waals surface area contributed by atoms with Crippen molar-refractivity contribution in [2.45, 2.75) is 6.42 Å². The fourth-order valence-electron chi connectivity index (χ4n) is 2.89. The summed E-state index contributed by atoms with van der Waals surface area (Å²) in [4.78, 5) is 59.6. The largest absolute Gasteiger partial charge is 0.399 e. The van der Waals surface area contributed by atoms with E-state index in [0.29, 0.717) is 5.69 Å². The van der Waals surface area contributed by atoms with Gasteiger partial charge in [-0.15, -0.1) is 0 Å². The van der Waals surface area contributed by atoms with Crippen LogP contribution >= 0.6 is 0 Å². The van der Waals surface area contributed by atoms with Crippen molar-refractivity contribution in [1.82, 2.24) is 15.5 Å². The Morgan fingerprint density at radius 3 is 2.37 bits per heavy atom. The van der Waals surface area contributed by atoms with Gasteiger partial charge in [-0.3, -0.25) is 34.7 Å². The molecule has 0 aromatic heterocycles. The molecule has 1 aliphatic heterocycles. The number of nitrogens with zero attached hydrogens (tertiary/aromatic N) is 2. The number of carbonyl (C=O) groups excluding carboxylic acids is 4. The molecule has 1 aliphatic rings. The Morgan fingerprint density at radius 2 is 1.70 bits per heavy atom. The molecule has 0 fully saturated rings. The van der Waals surface area contributed by atoms with Crippen LogP contribution in [-0.4, -0.2) is 46.7 Å². The summed E-state index contributed by atoms with van der Waals surface area (Å²) < 4.78 is 0. The molecule has 1 heterocycles. The monoisotopic (exact) mass is 411 g/mol. The van der Waals surface area contributed by atoms with Crippen molar-refractivity contribution < 1.29 is 24.1 Å². The number of nitro groups is 1. The molecule has 0 radical (unpaired) electrons. The highest BCUT2D eigenvalue weighted by Crippen LogP contribution is 2.26. The third-order valence-electron chi connectivity index (χ3n) is 4.41. The molecule has 11 nitrogen and oxygen atoms in total. The summed E-state index contributed by atoms with van der Waals surface area (Å²) in [6, 6.07) is 8.78. The second-order valence-corrected chi connectivity index (χ2v) is 6.43. The number of rotatable bonds is 6. The molecule has 154 valence electrons. The zero-order chi connectivity index (χ0) is 21.8. The maximum absolute atomic E-state index is 12.4. The minimum Gasteiger partial charge on any atom is -0.399 e. The van der Waals surface area contributed by atoms with Crippen LogP contribution in [0.25, 0.3) is 0 Å². The highest BCUT2D eigenvalue weighted by Gasteiger charge is 2.36. The van der Waals surface area contributed by atoms with Gasteiger partial charge in [0.25, 0.3) is 23.4 Å². The normalized spacial score (nSPS) is 12.5. The molecule has 0 saturated carbocycles. The fourth-order valence-corrected chi connectivity index (χ4v) is 2.89. The molecular weight excluding hydrogens is 394 g/mol. The van der Waals surface area contributed by atoms with Gasteiger partial charge in [-0.05, 0) is 36.8 Å². The van der Waals surface area contributed by atoms with E-state index < -0.39 is 28.7 Å². The van der Waals surface area contributed by atoms with E-state index in [2.05, 4.69) is 10.6 Å². The molecule has 0 saturated heterocycles. The van der Waals surface area contributed by atoms with E-state index in [4.69, 9.17) is 5.73 Å². The number of anilines is 1. The summed E-state index contributed by atoms with van der Waals surface area (Å²) in [6.45, 7) is 0.0980. The van der Waals surface area contributed by atoms with Crippen LogP contribution in [0.2, 0.25) is 0 Å². The van der Waals surface area contributed by atoms with Gasteiger partial charge in [0.15, 0.2) is 0 Å². The van der Waals surface area contributed by atoms with Gasteiger partial charge in [-0.1, -0.05) is 0 Å². The van der Waals surface area contributed by atoms with Crippen molar-refractivity contribution in [1.29, 1.82) is 0 Å². The number of hydrogen-bond acceptors (Lipinski definition) is 7. The summed E-state index contributed by atoms with van der Waals surface area (Å²) in [5.41, 5.74) is 6.09. The minimum absolute atomic E-state index is 0.00628. The molecule has 2 aromatic rings. The number of hydrogen-bond donors (Lipinski definition) is 3. The Balaban J connectivity index is 1.48. The lowest BCUT2D eigenvalue weighted by Gasteiger charge is -2.14. The number of fused-ring (bicyclic) bond motifs is 1. The Kier molecular flexibility index (Phi) is 5.72. The van der Waals surface area contributed by atoms with E-state index in [1.165, 1.54) is 30.3 Å². The lowest BCUT2D eigenvalue weighted by Crippen LogP contribution is -2.41. The first-order valence-electron chi connectivity index (χ1n) is 8.87. The zero-order valence-corrected chi connectivity index (χ0v) is 15.6. The quantitative estimate of drug-likeness (QED) is 0.212. The van der Waals surface area contributed by atoms with Crippen LogP contribution in [0.3, 0.4) is 0 Å². The van der Waals surface area contributed by atoms with Crippen molar-refractivity contribution in [3.05, 3.63) is 69.3 Å². The van der Waals surface area contributed by atoms with Crippen molar-refractivity contribution in [3.63, 3.8) is 0 Å². The molecular formula is C19H17N5O6. The van der Waals surface area contributed by atoms with Crippen LogP contribution in [0.15, 0.2) is 42.5 Å². The topological polar surface area (TPSA) is 165 Å². The fraction of sp³-hybridized carbons (Fsp3) is 0.158. The molecule has 30 heavy (non-hydrogen) atoms. The van der Waals surface area contributed by atoms with Gasteiger partial charge in [-0.25, -0.2) is 4.79 Å². The Morgan fingerprint density at radius 1 is 1.03 bits per heavy atom. The van der Waals surface area contributed by atoms with Gasteiger partial charge in [0.1, 0.15) is 0 Å². The van der Waals surface area contributed by atoms with Crippen LogP contribution in [0, 0.1) is 10.1 Å². The van der Waals surface area contributed by atoms with Gasteiger partial charge in [0.05, 0.1) is 16.1 Å². The molecule has 11 heteroatoms. The van der Waals surface area contributed by atoms with E-state index in [-0.39, 0.29) is 41.9 Å². The lowest BCUT2D eigenvalue weighted by atomic mass is 10.1. The number of amides is 5. The Bertz CT molecular complexity index is 1050. The molecule has 0 aliphatic carbocycles. The predicted molar refractivity (Wildman–Crippen MR) is 105 cm³/mol. The second-order valence-electron chi connectivity index (χ2n) is 6.43. The molecule has 0 unspecified atom stereocenters. The highest BCUT2D eigenvalue weighted by atomic mass is 16.6. The number of urea groups is 1. The minimum atomic E-state index is -0.727. The number of nitrogens with two attached hydrogens (primary N) is 1. The van der Waals surface area contributed by atoms with Gasteiger partial charge in [-0.2, -0.15) is 0 Å². The van der Waals surface area contributed by atoms with Crippen molar-refractivity contribution in [2.75, 3.05) is 18.8 Å². The number of non-ortho nitro benzene ring substituents is 1. The number of nitrogens with one attached hydrogen (secondary N) is 2. The summed E-state index contributed by atoms with van der Waals surface area (Å²) >= 11 is 0. The molecule has 2 aromatic carbocycles. The average molecular weight is 411 g/mol. The van der Waals surface area contributed by atoms with Gasteiger partial charge in [0.2, 0.25) is 0 Å². The summed E-state index contributed by atoms with van der Waals surface area (Å²) in [7, 11) is 0. The van der Waals surface area contributed by atoms with E-state index in [9.17, 15) is 29.3 Å². The summed E-state index contributed by atoms with van der Waals surface area (Å²) in [5.74, 6) is -1.77. The van der Waals surface area contributed by atoms with Crippen LogP contribution in [-0.2, 0) is 0 Å². The molecule has 0 spiro atoms. The summed E-state index contributed by atoms with van der Waals surface area (Å²) in [5, 5.41) is 15.5. The van der Waals surface area contributed by atoms with E-state index >= 15 is 0 Å². The molecule has 0 bridgehead atoms. The first kappa shape index (κ1) is 20.5. The number of carbonyl (C=O) groups is 4. The standard InChI is InChI=1S/C19H17N5O6/c20-12-4-2-11(3-5-12)16(25)22-19(28)21-8-1-9-23-17(26)14-7-6-13(24(29)30)10-15(14)18(23)27/h2-7,10H,1,8-9,20H2,(H2,21,22,25,28). The number of benzene rings is 2.